The molecule has 8 nitrogen and oxygen atoms in total. The first kappa shape index (κ1) is 19.5. The van der Waals surface area contributed by atoms with E-state index in [2.05, 4.69) is 15.4 Å². The first-order chi connectivity index (χ1) is 12.2. The Kier molecular flexibility index (Phi) is 6.04. The van der Waals surface area contributed by atoms with E-state index >= 15 is 0 Å². The summed E-state index contributed by atoms with van der Waals surface area (Å²) in [5.74, 6) is -0.889. The van der Waals surface area contributed by atoms with Gasteiger partial charge in [-0.3, -0.25) is 14.3 Å². The number of amides is 2. The number of sulfonamides is 1. The van der Waals surface area contributed by atoms with Gasteiger partial charge in [0.15, 0.2) is 5.76 Å². The zero-order valence-electron chi connectivity index (χ0n) is 14.6. The molecule has 2 rings (SSSR count). The summed E-state index contributed by atoms with van der Waals surface area (Å²) in [5, 5.41) is 5.35. The molecule has 0 aliphatic carbocycles. The van der Waals surface area contributed by atoms with Crippen LogP contribution in [0.15, 0.2) is 47.1 Å². The molecule has 0 saturated heterocycles. The largest absolute Gasteiger partial charge is 0.459 e. The Balaban J connectivity index is 2.04. The summed E-state index contributed by atoms with van der Waals surface area (Å²) >= 11 is 0. The van der Waals surface area contributed by atoms with Crippen molar-refractivity contribution in [1.82, 2.24) is 5.32 Å². The molecule has 0 saturated carbocycles. The van der Waals surface area contributed by atoms with Gasteiger partial charge in [0, 0.05) is 11.4 Å². The molecule has 1 aromatic heterocycles. The number of hydrogen-bond acceptors (Lipinski definition) is 5. The van der Waals surface area contributed by atoms with Crippen LogP contribution in [-0.2, 0) is 14.8 Å². The van der Waals surface area contributed by atoms with Crippen LogP contribution in [0.2, 0.25) is 0 Å². The van der Waals surface area contributed by atoms with Crippen molar-refractivity contribution in [2.75, 3.05) is 16.3 Å². The number of hydrogen-bond donors (Lipinski definition) is 3. The Morgan fingerprint density at radius 2 is 1.65 bits per heavy atom. The minimum absolute atomic E-state index is 0.125. The number of benzene rings is 1. The first-order valence-electron chi connectivity index (χ1n) is 7.89. The Labute approximate surface area is 152 Å². The predicted molar refractivity (Wildman–Crippen MR) is 98.3 cm³/mol. The summed E-state index contributed by atoms with van der Waals surface area (Å²) in [7, 11) is -3.37. The van der Waals surface area contributed by atoms with Crippen LogP contribution in [0.1, 0.15) is 24.4 Å². The lowest BCUT2D eigenvalue weighted by Gasteiger charge is -2.21. The molecular weight excluding hydrogens is 358 g/mol. The van der Waals surface area contributed by atoms with Crippen LogP contribution in [0, 0.1) is 5.92 Å². The third-order valence-electron chi connectivity index (χ3n) is 3.44. The van der Waals surface area contributed by atoms with Gasteiger partial charge in [-0.05, 0) is 42.3 Å². The van der Waals surface area contributed by atoms with E-state index < -0.39 is 22.0 Å². The van der Waals surface area contributed by atoms with Gasteiger partial charge in [-0.15, -0.1) is 0 Å². The zero-order valence-corrected chi connectivity index (χ0v) is 15.5. The zero-order chi connectivity index (χ0) is 19.3. The van der Waals surface area contributed by atoms with Gasteiger partial charge in [0.1, 0.15) is 6.04 Å². The van der Waals surface area contributed by atoms with Crippen molar-refractivity contribution in [2.24, 2.45) is 5.92 Å². The second kappa shape index (κ2) is 8.05. The van der Waals surface area contributed by atoms with Gasteiger partial charge < -0.3 is 15.1 Å². The Bertz CT molecular complexity index is 858. The monoisotopic (exact) mass is 379 g/mol. The highest BCUT2D eigenvalue weighted by atomic mass is 32.2. The van der Waals surface area contributed by atoms with Crippen LogP contribution in [0.4, 0.5) is 11.4 Å². The molecule has 9 heteroatoms. The highest BCUT2D eigenvalue weighted by Crippen LogP contribution is 2.16. The van der Waals surface area contributed by atoms with E-state index in [9.17, 15) is 18.0 Å². The molecule has 0 aliphatic rings. The molecule has 1 aromatic carbocycles. The smallest absolute Gasteiger partial charge is 0.287 e. The number of nitrogens with one attached hydrogen (secondary N) is 3. The van der Waals surface area contributed by atoms with Crippen molar-refractivity contribution in [3.63, 3.8) is 0 Å². The highest BCUT2D eigenvalue weighted by molar-refractivity contribution is 7.92. The summed E-state index contributed by atoms with van der Waals surface area (Å²) in [5.41, 5.74) is 0.865. The molecule has 3 N–H and O–H groups in total. The van der Waals surface area contributed by atoms with Crippen molar-refractivity contribution in [3.05, 3.63) is 48.4 Å². The standard InChI is InChI=1S/C17H21N3O5S/c1-11(2)15(19-16(21)14-5-4-10-25-14)17(22)18-12-6-8-13(9-7-12)20-26(3,23)24/h4-11,15,20H,1-3H3,(H,18,22)(H,19,21)/t15-/m1/s1. The normalized spacial score (nSPS) is 12.5. The average Bonchev–Trinajstić information content (AvgIpc) is 3.07. The molecule has 0 unspecified atom stereocenters. The maximum atomic E-state index is 12.5. The van der Waals surface area contributed by atoms with Crippen LogP contribution in [0.5, 0.6) is 0 Å². The lowest BCUT2D eigenvalue weighted by atomic mass is 10.0. The fourth-order valence-corrected chi connectivity index (χ4v) is 2.78. The van der Waals surface area contributed by atoms with Crippen molar-refractivity contribution in [2.45, 2.75) is 19.9 Å². The molecule has 0 radical (unpaired) electrons. The third-order valence-corrected chi connectivity index (χ3v) is 4.04. The van der Waals surface area contributed by atoms with Gasteiger partial charge in [0.2, 0.25) is 15.9 Å². The number of carbonyl (C=O) groups excluding carboxylic acids is 2. The van der Waals surface area contributed by atoms with Gasteiger partial charge in [-0.1, -0.05) is 13.8 Å². The van der Waals surface area contributed by atoms with Gasteiger partial charge in [-0.2, -0.15) is 0 Å². The van der Waals surface area contributed by atoms with E-state index in [0.717, 1.165) is 6.26 Å². The van der Waals surface area contributed by atoms with Crippen molar-refractivity contribution < 1.29 is 22.4 Å². The topological polar surface area (TPSA) is 118 Å². The third kappa shape index (κ3) is 5.62. The van der Waals surface area contributed by atoms with E-state index in [1.54, 1.807) is 18.2 Å². The van der Waals surface area contributed by atoms with Gasteiger partial charge in [-0.25, -0.2) is 8.42 Å². The van der Waals surface area contributed by atoms with E-state index in [1.165, 1.54) is 24.5 Å². The summed E-state index contributed by atoms with van der Waals surface area (Å²) in [6, 6.07) is 8.53. The summed E-state index contributed by atoms with van der Waals surface area (Å²) in [6.45, 7) is 3.62. The number of rotatable bonds is 7. The first-order valence-corrected chi connectivity index (χ1v) is 9.78. The molecule has 2 aromatic rings. The molecule has 1 heterocycles. The molecular formula is C17H21N3O5S. The molecule has 2 amide bonds. The van der Waals surface area contributed by atoms with E-state index in [0.29, 0.717) is 11.4 Å². The molecule has 1 atom stereocenters. The van der Waals surface area contributed by atoms with Gasteiger partial charge in [0.25, 0.3) is 5.91 Å². The summed E-state index contributed by atoms with van der Waals surface area (Å²) < 4.78 is 29.8. The highest BCUT2D eigenvalue weighted by Gasteiger charge is 2.25. The lowest BCUT2D eigenvalue weighted by molar-refractivity contribution is -0.118. The molecule has 0 bridgehead atoms. The van der Waals surface area contributed by atoms with E-state index in [-0.39, 0.29) is 17.6 Å². The fraction of sp³-hybridized carbons (Fsp3) is 0.294. The van der Waals surface area contributed by atoms with Gasteiger partial charge in [0.05, 0.1) is 12.5 Å². The van der Waals surface area contributed by atoms with Crippen LogP contribution in [0.25, 0.3) is 0 Å². The second-order valence-corrected chi connectivity index (χ2v) is 7.86. The van der Waals surface area contributed by atoms with E-state index in [4.69, 9.17) is 4.42 Å². The summed E-state index contributed by atoms with van der Waals surface area (Å²) in [4.78, 5) is 24.6. The van der Waals surface area contributed by atoms with Crippen molar-refractivity contribution in [1.29, 1.82) is 0 Å². The molecule has 0 spiro atoms. The van der Waals surface area contributed by atoms with Crippen molar-refractivity contribution in [3.8, 4) is 0 Å². The average molecular weight is 379 g/mol. The summed E-state index contributed by atoms with van der Waals surface area (Å²) in [6.07, 6.45) is 2.43. The van der Waals surface area contributed by atoms with Crippen LogP contribution >= 0.6 is 0 Å². The Morgan fingerprint density at radius 1 is 1.04 bits per heavy atom. The molecule has 0 fully saturated rings. The Hall–Kier alpha value is -2.81. The maximum Gasteiger partial charge on any atom is 0.287 e. The number of furan rings is 1. The fourth-order valence-electron chi connectivity index (χ4n) is 2.21. The van der Waals surface area contributed by atoms with E-state index in [1.807, 2.05) is 13.8 Å². The van der Waals surface area contributed by atoms with Crippen molar-refractivity contribution >= 4 is 33.2 Å². The van der Waals surface area contributed by atoms with Crippen LogP contribution in [0.3, 0.4) is 0 Å². The quantitative estimate of drug-likeness (QED) is 0.680. The number of anilines is 2. The lowest BCUT2D eigenvalue weighted by Crippen LogP contribution is -2.47. The maximum absolute atomic E-state index is 12.5. The SMILES string of the molecule is CC(C)[C@@H](NC(=O)c1ccco1)C(=O)Nc1ccc(NS(C)(=O)=O)cc1. The Morgan fingerprint density at radius 3 is 2.15 bits per heavy atom. The predicted octanol–water partition coefficient (Wildman–Crippen LogP) is 2.04. The number of carbonyl (C=O) groups is 2. The van der Waals surface area contributed by atoms with Gasteiger partial charge >= 0.3 is 0 Å². The van der Waals surface area contributed by atoms with Crippen LogP contribution < -0.4 is 15.4 Å². The molecule has 140 valence electrons. The molecule has 26 heavy (non-hydrogen) atoms. The minimum Gasteiger partial charge on any atom is -0.459 e. The van der Waals surface area contributed by atoms with Crippen LogP contribution in [-0.4, -0.2) is 32.5 Å². The minimum atomic E-state index is -3.37. The molecule has 0 aliphatic heterocycles. The second-order valence-electron chi connectivity index (χ2n) is 6.11.